The van der Waals surface area contributed by atoms with E-state index in [0.29, 0.717) is 19.4 Å². The van der Waals surface area contributed by atoms with Gasteiger partial charge in [0.2, 0.25) is 0 Å². The van der Waals surface area contributed by atoms with Crippen molar-refractivity contribution < 1.29 is 28.9 Å². The van der Waals surface area contributed by atoms with Crippen molar-refractivity contribution in [1.29, 1.82) is 0 Å². The summed E-state index contributed by atoms with van der Waals surface area (Å²) < 4.78 is 16.4. The molecule has 0 aliphatic carbocycles. The van der Waals surface area contributed by atoms with Gasteiger partial charge in [-0.3, -0.25) is 4.90 Å². The summed E-state index contributed by atoms with van der Waals surface area (Å²) in [5.74, 6) is 0. The zero-order valence-corrected chi connectivity index (χ0v) is 18.5. The van der Waals surface area contributed by atoms with E-state index in [1.165, 1.54) is 0 Å². The SMILES string of the molecule is CC(C)(C)OC(=O)N1[C@@H](CC[C@H](O)CNC(=O)OCc2ccccc2)COC1(C)C. The van der Waals surface area contributed by atoms with Crippen molar-refractivity contribution in [3.8, 4) is 0 Å². The molecule has 0 aromatic heterocycles. The third kappa shape index (κ3) is 7.50. The first-order valence-corrected chi connectivity index (χ1v) is 10.3. The van der Waals surface area contributed by atoms with Crippen LogP contribution in [0.2, 0.25) is 0 Å². The van der Waals surface area contributed by atoms with Gasteiger partial charge in [0, 0.05) is 6.54 Å². The Bertz CT molecular complexity index is 701. The number of benzene rings is 1. The average Bonchev–Trinajstić information content (AvgIpc) is 2.96. The van der Waals surface area contributed by atoms with Crippen LogP contribution >= 0.6 is 0 Å². The van der Waals surface area contributed by atoms with Crippen molar-refractivity contribution in [2.75, 3.05) is 13.2 Å². The van der Waals surface area contributed by atoms with Gasteiger partial charge in [-0.1, -0.05) is 30.3 Å². The van der Waals surface area contributed by atoms with Crippen molar-refractivity contribution in [2.45, 2.75) is 77.5 Å². The van der Waals surface area contributed by atoms with Gasteiger partial charge < -0.3 is 24.6 Å². The minimum atomic E-state index is -0.780. The molecule has 1 aromatic rings. The van der Waals surface area contributed by atoms with Crippen LogP contribution < -0.4 is 5.32 Å². The van der Waals surface area contributed by atoms with Crippen molar-refractivity contribution >= 4 is 12.2 Å². The molecule has 1 aromatic carbocycles. The molecule has 0 bridgehead atoms. The second-order valence-corrected chi connectivity index (χ2v) is 8.94. The fourth-order valence-electron chi connectivity index (χ4n) is 3.24. The summed E-state index contributed by atoms with van der Waals surface area (Å²) >= 11 is 0. The topological polar surface area (TPSA) is 97.3 Å². The molecule has 30 heavy (non-hydrogen) atoms. The highest BCUT2D eigenvalue weighted by Gasteiger charge is 2.45. The molecule has 168 valence electrons. The van der Waals surface area contributed by atoms with Gasteiger partial charge in [0.15, 0.2) is 0 Å². The number of ether oxygens (including phenoxy) is 3. The van der Waals surface area contributed by atoms with E-state index in [4.69, 9.17) is 14.2 Å². The number of hydrogen-bond acceptors (Lipinski definition) is 6. The summed E-state index contributed by atoms with van der Waals surface area (Å²) in [4.78, 5) is 26.0. The smallest absolute Gasteiger partial charge is 0.412 e. The number of alkyl carbamates (subject to hydrolysis) is 1. The number of nitrogens with one attached hydrogen (secondary N) is 1. The molecular weight excluding hydrogens is 388 g/mol. The molecular formula is C22H34N2O6. The molecule has 8 heteroatoms. The molecule has 2 atom stereocenters. The molecule has 2 rings (SSSR count). The highest BCUT2D eigenvalue weighted by Crippen LogP contribution is 2.31. The van der Waals surface area contributed by atoms with Crippen LogP contribution in [-0.2, 0) is 20.8 Å². The van der Waals surface area contributed by atoms with Crippen molar-refractivity contribution in [1.82, 2.24) is 10.2 Å². The van der Waals surface area contributed by atoms with Gasteiger partial charge >= 0.3 is 12.2 Å². The predicted octanol–water partition coefficient (Wildman–Crippen LogP) is 3.43. The standard InChI is InChI=1S/C22H34N2O6/c1-21(2,3)30-20(27)24-17(15-29-22(24,4)5)11-12-18(25)13-23-19(26)28-14-16-9-7-6-8-10-16/h6-10,17-18,25H,11-15H2,1-5H3,(H,23,26)/t17-,18-/m0/s1. The molecule has 1 fully saturated rings. The van der Waals surface area contributed by atoms with E-state index >= 15 is 0 Å². The molecule has 8 nitrogen and oxygen atoms in total. The maximum Gasteiger partial charge on any atom is 0.412 e. The van der Waals surface area contributed by atoms with E-state index in [2.05, 4.69) is 5.32 Å². The molecule has 1 aliphatic rings. The molecule has 1 aliphatic heterocycles. The lowest BCUT2D eigenvalue weighted by molar-refractivity contribution is -0.0630. The van der Waals surface area contributed by atoms with Crippen LogP contribution in [-0.4, -0.2) is 58.8 Å². The second kappa shape index (κ2) is 10.1. The highest BCUT2D eigenvalue weighted by atomic mass is 16.6. The Labute approximate surface area is 178 Å². The van der Waals surface area contributed by atoms with E-state index in [0.717, 1.165) is 5.56 Å². The lowest BCUT2D eigenvalue weighted by Gasteiger charge is -2.35. The highest BCUT2D eigenvalue weighted by molar-refractivity contribution is 5.69. The molecule has 2 N–H and O–H groups in total. The fourth-order valence-corrected chi connectivity index (χ4v) is 3.24. The monoisotopic (exact) mass is 422 g/mol. The van der Waals surface area contributed by atoms with Crippen LogP contribution in [0.1, 0.15) is 53.0 Å². The maximum absolute atomic E-state index is 12.6. The van der Waals surface area contributed by atoms with Crippen molar-refractivity contribution in [3.05, 3.63) is 35.9 Å². The minimum absolute atomic E-state index is 0.0665. The number of aliphatic hydroxyl groups is 1. The van der Waals surface area contributed by atoms with Crippen LogP contribution in [0.5, 0.6) is 0 Å². The first-order chi connectivity index (χ1) is 14.0. The quantitative estimate of drug-likeness (QED) is 0.699. The first-order valence-electron chi connectivity index (χ1n) is 10.3. The van der Waals surface area contributed by atoms with Crippen molar-refractivity contribution in [2.24, 2.45) is 0 Å². The van der Waals surface area contributed by atoms with Gasteiger partial charge in [0.1, 0.15) is 17.9 Å². The number of amides is 2. The van der Waals surface area contributed by atoms with E-state index in [1.807, 2.05) is 65.0 Å². The molecule has 0 unspecified atom stereocenters. The predicted molar refractivity (Wildman–Crippen MR) is 112 cm³/mol. The Balaban J connectivity index is 1.76. The van der Waals surface area contributed by atoms with Crippen LogP contribution in [0.25, 0.3) is 0 Å². The first kappa shape index (κ1) is 24.0. The lowest BCUT2D eigenvalue weighted by atomic mass is 10.1. The Morgan fingerprint density at radius 2 is 1.97 bits per heavy atom. The third-order valence-corrected chi connectivity index (χ3v) is 4.69. The largest absolute Gasteiger partial charge is 0.445 e. The average molecular weight is 423 g/mol. The summed E-state index contributed by atoms with van der Waals surface area (Å²) in [6.07, 6.45) is -0.878. The maximum atomic E-state index is 12.6. The molecule has 1 saturated heterocycles. The molecule has 0 saturated carbocycles. The second-order valence-electron chi connectivity index (χ2n) is 8.94. The van der Waals surface area contributed by atoms with Gasteiger partial charge in [-0.25, -0.2) is 9.59 Å². The van der Waals surface area contributed by atoms with E-state index < -0.39 is 29.6 Å². The van der Waals surface area contributed by atoms with Gasteiger partial charge in [0.05, 0.1) is 18.8 Å². The summed E-state index contributed by atoms with van der Waals surface area (Å²) in [7, 11) is 0. The number of hydrogen-bond donors (Lipinski definition) is 2. The van der Waals surface area contributed by atoms with E-state index in [-0.39, 0.29) is 19.2 Å². The number of rotatable bonds is 7. The van der Waals surface area contributed by atoms with Crippen LogP contribution in [0, 0.1) is 0 Å². The lowest BCUT2D eigenvalue weighted by Crippen LogP contribution is -2.50. The minimum Gasteiger partial charge on any atom is -0.445 e. The summed E-state index contributed by atoms with van der Waals surface area (Å²) in [6.45, 7) is 9.68. The molecule has 1 heterocycles. The number of carbonyl (C=O) groups excluding carboxylic acids is 2. The zero-order valence-electron chi connectivity index (χ0n) is 18.5. The van der Waals surface area contributed by atoms with Crippen LogP contribution in [0.3, 0.4) is 0 Å². The van der Waals surface area contributed by atoms with Crippen LogP contribution in [0.4, 0.5) is 9.59 Å². The van der Waals surface area contributed by atoms with Gasteiger partial charge in [-0.05, 0) is 53.0 Å². The summed E-state index contributed by atoms with van der Waals surface area (Å²) in [6, 6.07) is 9.15. The third-order valence-electron chi connectivity index (χ3n) is 4.69. The van der Waals surface area contributed by atoms with Gasteiger partial charge in [0.25, 0.3) is 0 Å². The van der Waals surface area contributed by atoms with E-state index in [1.54, 1.807) is 4.90 Å². The van der Waals surface area contributed by atoms with Gasteiger partial charge in [-0.15, -0.1) is 0 Å². The molecule has 0 radical (unpaired) electrons. The summed E-state index contributed by atoms with van der Waals surface area (Å²) in [5.41, 5.74) is -0.499. The zero-order chi connectivity index (χ0) is 22.4. The van der Waals surface area contributed by atoms with Crippen molar-refractivity contribution in [3.63, 3.8) is 0 Å². The Morgan fingerprint density at radius 1 is 1.30 bits per heavy atom. The number of nitrogens with zero attached hydrogens (tertiary/aromatic N) is 1. The summed E-state index contributed by atoms with van der Waals surface area (Å²) in [5, 5.41) is 12.8. The number of aliphatic hydroxyl groups excluding tert-OH is 1. The van der Waals surface area contributed by atoms with E-state index in [9.17, 15) is 14.7 Å². The molecule has 0 spiro atoms. The normalized spacial score (nSPS) is 19.3. The molecule has 2 amide bonds. The number of carbonyl (C=O) groups is 2. The Kier molecular flexibility index (Phi) is 8.09. The van der Waals surface area contributed by atoms with Crippen LogP contribution in [0.15, 0.2) is 30.3 Å². The van der Waals surface area contributed by atoms with Gasteiger partial charge in [-0.2, -0.15) is 0 Å². The Hall–Kier alpha value is -2.32. The fraction of sp³-hybridized carbons (Fsp3) is 0.636. The Morgan fingerprint density at radius 3 is 2.60 bits per heavy atom.